The first-order chi connectivity index (χ1) is 9.51. The van der Waals surface area contributed by atoms with Crippen molar-refractivity contribution in [1.82, 2.24) is 9.62 Å². The van der Waals surface area contributed by atoms with Gasteiger partial charge in [-0.1, -0.05) is 17.7 Å². The monoisotopic (exact) mass is 314 g/mol. The second kappa shape index (κ2) is 5.30. The summed E-state index contributed by atoms with van der Waals surface area (Å²) >= 11 is 6.08. The van der Waals surface area contributed by atoms with Gasteiger partial charge in [0.05, 0.1) is 4.90 Å². The van der Waals surface area contributed by atoms with Gasteiger partial charge in [0, 0.05) is 23.7 Å². The average molecular weight is 315 g/mol. The molecule has 2 atom stereocenters. The molecule has 20 heavy (non-hydrogen) atoms. The van der Waals surface area contributed by atoms with Crippen LogP contribution in [0.5, 0.6) is 0 Å². The molecule has 1 N–H and O–H groups in total. The van der Waals surface area contributed by atoms with Crippen molar-refractivity contribution in [3.8, 4) is 0 Å². The number of rotatable bonds is 2. The van der Waals surface area contributed by atoms with Gasteiger partial charge in [-0.25, -0.2) is 8.42 Å². The molecule has 0 radical (unpaired) electrons. The number of fused-ring (bicyclic) bond motifs is 2. The zero-order valence-electron chi connectivity index (χ0n) is 11.5. The molecule has 1 aromatic rings. The van der Waals surface area contributed by atoms with Crippen LogP contribution in [-0.4, -0.2) is 37.9 Å². The Morgan fingerprint density at radius 1 is 1.25 bits per heavy atom. The van der Waals surface area contributed by atoms with Crippen molar-refractivity contribution < 1.29 is 8.42 Å². The summed E-state index contributed by atoms with van der Waals surface area (Å²) in [4.78, 5) is 0.351. The molecule has 0 unspecified atom stereocenters. The van der Waals surface area contributed by atoms with Crippen molar-refractivity contribution in [2.24, 2.45) is 0 Å². The summed E-state index contributed by atoms with van der Waals surface area (Å²) in [7, 11) is -3.47. The summed E-state index contributed by atoms with van der Waals surface area (Å²) in [5.41, 5.74) is 0.644. The summed E-state index contributed by atoms with van der Waals surface area (Å²) in [6.07, 6.45) is 2.79. The maximum atomic E-state index is 13.0. The fourth-order valence-corrected chi connectivity index (χ4v) is 5.69. The summed E-state index contributed by atoms with van der Waals surface area (Å²) < 4.78 is 27.8. The van der Waals surface area contributed by atoms with Crippen LogP contribution in [0.2, 0.25) is 5.02 Å². The van der Waals surface area contributed by atoms with Gasteiger partial charge < -0.3 is 5.32 Å². The molecular formula is C14H19ClN2O2S. The topological polar surface area (TPSA) is 49.4 Å². The molecule has 6 heteroatoms. The average Bonchev–Trinajstić information content (AvgIpc) is 2.66. The zero-order chi connectivity index (χ0) is 14.3. The molecule has 0 saturated carbocycles. The largest absolute Gasteiger partial charge is 0.315 e. The van der Waals surface area contributed by atoms with E-state index in [0.717, 1.165) is 32.4 Å². The molecule has 0 amide bonds. The van der Waals surface area contributed by atoms with E-state index in [2.05, 4.69) is 5.32 Å². The number of sulfonamides is 1. The first-order valence-corrected chi connectivity index (χ1v) is 8.83. The van der Waals surface area contributed by atoms with Gasteiger partial charge in [-0.3, -0.25) is 0 Å². The standard InChI is InChI=1S/C14H19ClN2O2S/c1-10-13(15)3-2-4-14(10)20(18,19)17-11-5-6-12(17)9-16-8-7-11/h2-4,11-12,16H,5-9H2,1H3/t11-,12+/m0/s1. The highest BCUT2D eigenvalue weighted by Gasteiger charge is 2.43. The second-order valence-corrected chi connectivity index (χ2v) is 7.79. The van der Waals surface area contributed by atoms with Crippen LogP contribution < -0.4 is 5.32 Å². The number of nitrogens with one attached hydrogen (secondary N) is 1. The van der Waals surface area contributed by atoms with Gasteiger partial charge in [-0.05, 0) is 50.4 Å². The maximum Gasteiger partial charge on any atom is 0.243 e. The Hall–Kier alpha value is -0.620. The first-order valence-electron chi connectivity index (χ1n) is 7.01. The van der Waals surface area contributed by atoms with Crippen molar-refractivity contribution in [2.75, 3.05) is 13.1 Å². The van der Waals surface area contributed by atoms with Crippen LogP contribution in [0, 0.1) is 6.92 Å². The fraction of sp³-hybridized carbons (Fsp3) is 0.571. The number of benzene rings is 1. The van der Waals surface area contributed by atoms with Crippen molar-refractivity contribution in [3.05, 3.63) is 28.8 Å². The minimum absolute atomic E-state index is 0.0749. The minimum Gasteiger partial charge on any atom is -0.315 e. The highest BCUT2D eigenvalue weighted by atomic mass is 35.5. The Balaban J connectivity index is 2.05. The van der Waals surface area contributed by atoms with Crippen molar-refractivity contribution in [3.63, 3.8) is 0 Å². The molecule has 0 aromatic heterocycles. The molecule has 2 saturated heterocycles. The smallest absolute Gasteiger partial charge is 0.243 e. The molecule has 1 aromatic carbocycles. The van der Waals surface area contributed by atoms with E-state index in [4.69, 9.17) is 11.6 Å². The molecule has 110 valence electrons. The lowest BCUT2D eigenvalue weighted by molar-refractivity contribution is 0.334. The van der Waals surface area contributed by atoms with Crippen molar-refractivity contribution >= 4 is 21.6 Å². The Morgan fingerprint density at radius 3 is 2.80 bits per heavy atom. The normalized spacial score (nSPS) is 27.5. The molecular weight excluding hydrogens is 296 g/mol. The molecule has 0 aliphatic carbocycles. The number of nitrogens with zero attached hydrogens (tertiary/aromatic N) is 1. The lowest BCUT2D eigenvalue weighted by Gasteiger charge is -2.27. The SMILES string of the molecule is Cc1c(Cl)cccc1S(=O)(=O)N1[C@@H]2CCNC[C@H]1CC2. The van der Waals surface area contributed by atoms with E-state index < -0.39 is 10.0 Å². The minimum atomic E-state index is -3.47. The van der Waals surface area contributed by atoms with Crippen LogP contribution in [0.15, 0.2) is 23.1 Å². The first kappa shape index (κ1) is 14.3. The molecule has 2 heterocycles. The van der Waals surface area contributed by atoms with Crippen LogP contribution in [-0.2, 0) is 10.0 Å². The second-order valence-electron chi connectivity index (χ2n) is 5.58. The Bertz CT molecular complexity index is 604. The third-order valence-corrected chi connectivity index (χ3v) is 6.92. The maximum absolute atomic E-state index is 13.0. The molecule has 4 nitrogen and oxygen atoms in total. The van der Waals surface area contributed by atoms with Gasteiger partial charge >= 0.3 is 0 Å². The van der Waals surface area contributed by atoms with E-state index in [1.807, 2.05) is 0 Å². The molecule has 2 aliphatic heterocycles. The van der Waals surface area contributed by atoms with Gasteiger partial charge in [0.15, 0.2) is 0 Å². The van der Waals surface area contributed by atoms with Gasteiger partial charge in [0.2, 0.25) is 10.0 Å². The third-order valence-electron chi connectivity index (χ3n) is 4.36. The van der Waals surface area contributed by atoms with Crippen LogP contribution in [0.25, 0.3) is 0 Å². The Kier molecular flexibility index (Phi) is 3.79. The Labute approximate surface area is 125 Å². The predicted octanol–water partition coefficient (Wildman–Crippen LogP) is 2.16. The van der Waals surface area contributed by atoms with Crippen molar-refractivity contribution in [2.45, 2.75) is 43.2 Å². The number of halogens is 1. The fourth-order valence-electron chi connectivity index (χ4n) is 3.31. The quantitative estimate of drug-likeness (QED) is 0.910. The van der Waals surface area contributed by atoms with E-state index >= 15 is 0 Å². The summed E-state index contributed by atoms with van der Waals surface area (Å²) in [5, 5.41) is 3.83. The summed E-state index contributed by atoms with van der Waals surface area (Å²) in [6, 6.07) is 5.30. The lowest BCUT2D eigenvalue weighted by atomic mass is 10.1. The van der Waals surface area contributed by atoms with Gasteiger partial charge in [0.1, 0.15) is 0 Å². The molecule has 3 rings (SSSR count). The van der Waals surface area contributed by atoms with Crippen LogP contribution in [0.4, 0.5) is 0 Å². The molecule has 2 aliphatic rings. The molecule has 2 fully saturated rings. The van der Waals surface area contributed by atoms with Gasteiger partial charge in [-0.15, -0.1) is 0 Å². The van der Waals surface area contributed by atoms with E-state index in [1.165, 1.54) is 0 Å². The number of hydrogen-bond acceptors (Lipinski definition) is 3. The van der Waals surface area contributed by atoms with Crippen LogP contribution in [0.1, 0.15) is 24.8 Å². The zero-order valence-corrected chi connectivity index (χ0v) is 13.0. The molecule has 2 bridgehead atoms. The summed E-state index contributed by atoms with van der Waals surface area (Å²) in [5.74, 6) is 0. The van der Waals surface area contributed by atoms with Crippen LogP contribution in [0.3, 0.4) is 0 Å². The Morgan fingerprint density at radius 2 is 2.00 bits per heavy atom. The van der Waals surface area contributed by atoms with E-state index in [-0.39, 0.29) is 12.1 Å². The predicted molar refractivity (Wildman–Crippen MR) is 79.5 cm³/mol. The van der Waals surface area contributed by atoms with E-state index in [1.54, 1.807) is 29.4 Å². The highest BCUT2D eigenvalue weighted by Crippen LogP contribution is 2.35. The van der Waals surface area contributed by atoms with E-state index in [0.29, 0.717) is 15.5 Å². The van der Waals surface area contributed by atoms with Gasteiger partial charge in [-0.2, -0.15) is 4.31 Å². The number of hydrogen-bond donors (Lipinski definition) is 1. The molecule has 0 spiro atoms. The van der Waals surface area contributed by atoms with Gasteiger partial charge in [0.25, 0.3) is 0 Å². The third kappa shape index (κ3) is 2.26. The lowest BCUT2D eigenvalue weighted by Crippen LogP contribution is -2.42. The highest BCUT2D eigenvalue weighted by molar-refractivity contribution is 7.89. The van der Waals surface area contributed by atoms with Crippen LogP contribution >= 0.6 is 11.6 Å². The summed E-state index contributed by atoms with van der Waals surface area (Å²) in [6.45, 7) is 3.41. The van der Waals surface area contributed by atoms with Crippen molar-refractivity contribution in [1.29, 1.82) is 0 Å². The van der Waals surface area contributed by atoms with E-state index in [9.17, 15) is 8.42 Å².